The van der Waals surface area contributed by atoms with Gasteiger partial charge in [0.25, 0.3) is 0 Å². The van der Waals surface area contributed by atoms with Gasteiger partial charge in [0.2, 0.25) is 0 Å². The Morgan fingerprint density at radius 1 is 1.09 bits per heavy atom. The standard InChI is InChI=1S/C16H24O6/c1-11(17)19-10-15-14(20-12(2)18)8-9-16(22-15)21-13-6-4-3-5-7-13/h8-9,13-16H,3-7,10H2,1-2H3/t14-,15-,16+/m1/s1. The molecule has 2 aliphatic rings. The molecule has 1 saturated carbocycles. The number of hydrogen-bond donors (Lipinski definition) is 0. The summed E-state index contributed by atoms with van der Waals surface area (Å²) in [6.07, 6.45) is 7.77. The summed E-state index contributed by atoms with van der Waals surface area (Å²) in [5.41, 5.74) is 0. The average Bonchev–Trinajstić information content (AvgIpc) is 2.48. The average molecular weight is 312 g/mol. The summed E-state index contributed by atoms with van der Waals surface area (Å²) in [4.78, 5) is 22.1. The molecule has 0 unspecified atom stereocenters. The number of esters is 2. The molecule has 1 heterocycles. The molecular weight excluding hydrogens is 288 g/mol. The van der Waals surface area contributed by atoms with E-state index < -0.39 is 30.4 Å². The van der Waals surface area contributed by atoms with E-state index in [1.165, 1.54) is 33.1 Å². The maximum atomic E-state index is 11.1. The second-order valence-electron chi connectivity index (χ2n) is 5.70. The first kappa shape index (κ1) is 17.0. The van der Waals surface area contributed by atoms with Crippen molar-refractivity contribution in [2.45, 2.75) is 70.6 Å². The van der Waals surface area contributed by atoms with Crippen LogP contribution in [-0.2, 0) is 28.5 Å². The second-order valence-corrected chi connectivity index (χ2v) is 5.70. The fourth-order valence-corrected chi connectivity index (χ4v) is 2.73. The molecule has 0 aromatic rings. The first-order valence-corrected chi connectivity index (χ1v) is 7.84. The van der Waals surface area contributed by atoms with Gasteiger partial charge in [-0.3, -0.25) is 9.59 Å². The Kier molecular flexibility index (Phi) is 6.39. The van der Waals surface area contributed by atoms with Crippen molar-refractivity contribution >= 4 is 11.9 Å². The number of carbonyl (C=O) groups is 2. The predicted octanol–water partition coefficient (Wildman–Crippen LogP) is 2.11. The van der Waals surface area contributed by atoms with Crippen molar-refractivity contribution in [3.05, 3.63) is 12.2 Å². The minimum atomic E-state index is -0.567. The van der Waals surface area contributed by atoms with Crippen molar-refractivity contribution in [3.8, 4) is 0 Å². The van der Waals surface area contributed by atoms with Gasteiger partial charge < -0.3 is 18.9 Å². The van der Waals surface area contributed by atoms with Crippen molar-refractivity contribution in [2.24, 2.45) is 0 Å². The van der Waals surface area contributed by atoms with Crippen LogP contribution in [0.25, 0.3) is 0 Å². The third-order valence-corrected chi connectivity index (χ3v) is 3.76. The van der Waals surface area contributed by atoms with Crippen LogP contribution in [0, 0.1) is 0 Å². The molecule has 0 amide bonds. The Morgan fingerprint density at radius 2 is 1.82 bits per heavy atom. The first-order chi connectivity index (χ1) is 10.5. The van der Waals surface area contributed by atoms with E-state index >= 15 is 0 Å². The fraction of sp³-hybridized carbons (Fsp3) is 0.750. The highest BCUT2D eigenvalue weighted by molar-refractivity contribution is 5.66. The topological polar surface area (TPSA) is 71.1 Å². The molecule has 124 valence electrons. The monoisotopic (exact) mass is 312 g/mol. The van der Waals surface area contributed by atoms with Crippen LogP contribution in [0.1, 0.15) is 46.0 Å². The van der Waals surface area contributed by atoms with Crippen molar-refractivity contribution in [1.82, 2.24) is 0 Å². The smallest absolute Gasteiger partial charge is 0.303 e. The van der Waals surface area contributed by atoms with E-state index in [4.69, 9.17) is 18.9 Å². The molecule has 0 bridgehead atoms. The van der Waals surface area contributed by atoms with E-state index in [1.54, 1.807) is 12.2 Å². The van der Waals surface area contributed by atoms with Gasteiger partial charge >= 0.3 is 11.9 Å². The molecule has 1 fully saturated rings. The molecule has 1 aliphatic heterocycles. The quantitative estimate of drug-likeness (QED) is 0.572. The van der Waals surface area contributed by atoms with Crippen molar-refractivity contribution < 1.29 is 28.5 Å². The zero-order valence-corrected chi connectivity index (χ0v) is 13.2. The van der Waals surface area contributed by atoms with Crippen LogP contribution in [0.15, 0.2) is 12.2 Å². The summed E-state index contributed by atoms with van der Waals surface area (Å²) in [6.45, 7) is 2.69. The lowest BCUT2D eigenvalue weighted by Crippen LogP contribution is -2.43. The molecule has 0 aromatic carbocycles. The van der Waals surface area contributed by atoms with E-state index in [2.05, 4.69) is 0 Å². The van der Waals surface area contributed by atoms with Crippen LogP contribution in [0.3, 0.4) is 0 Å². The lowest BCUT2D eigenvalue weighted by Gasteiger charge is -2.33. The Labute approximate surface area is 130 Å². The van der Waals surface area contributed by atoms with Gasteiger partial charge in [-0.15, -0.1) is 0 Å². The third-order valence-electron chi connectivity index (χ3n) is 3.76. The molecule has 0 N–H and O–H groups in total. The third kappa shape index (κ3) is 5.42. The largest absolute Gasteiger partial charge is 0.463 e. The van der Waals surface area contributed by atoms with E-state index in [-0.39, 0.29) is 12.7 Å². The molecule has 3 atom stereocenters. The van der Waals surface area contributed by atoms with Gasteiger partial charge in [-0.2, -0.15) is 0 Å². The van der Waals surface area contributed by atoms with E-state index in [0.29, 0.717) is 0 Å². The van der Waals surface area contributed by atoms with Crippen molar-refractivity contribution in [3.63, 3.8) is 0 Å². The highest BCUT2D eigenvalue weighted by Gasteiger charge is 2.32. The molecule has 6 nitrogen and oxygen atoms in total. The Morgan fingerprint density at radius 3 is 2.45 bits per heavy atom. The molecule has 2 rings (SSSR count). The molecular formula is C16H24O6. The maximum Gasteiger partial charge on any atom is 0.303 e. The van der Waals surface area contributed by atoms with Gasteiger partial charge in [0.05, 0.1) is 6.10 Å². The number of rotatable bonds is 5. The minimum absolute atomic E-state index is 0.0299. The zero-order valence-electron chi connectivity index (χ0n) is 13.2. The summed E-state index contributed by atoms with van der Waals surface area (Å²) >= 11 is 0. The minimum Gasteiger partial charge on any atom is -0.463 e. The van der Waals surface area contributed by atoms with Crippen molar-refractivity contribution in [2.75, 3.05) is 6.61 Å². The summed E-state index contributed by atoms with van der Waals surface area (Å²) in [5, 5.41) is 0. The summed E-state index contributed by atoms with van der Waals surface area (Å²) in [7, 11) is 0. The van der Waals surface area contributed by atoms with Gasteiger partial charge in [-0.25, -0.2) is 0 Å². The second kappa shape index (κ2) is 8.29. The van der Waals surface area contributed by atoms with Crippen LogP contribution in [0.4, 0.5) is 0 Å². The normalized spacial score (nSPS) is 29.1. The number of hydrogen-bond acceptors (Lipinski definition) is 6. The van der Waals surface area contributed by atoms with E-state index in [9.17, 15) is 9.59 Å². The molecule has 6 heteroatoms. The molecule has 1 aliphatic carbocycles. The summed E-state index contributed by atoms with van der Waals surface area (Å²) in [6, 6.07) is 0. The molecule has 0 saturated heterocycles. The van der Waals surface area contributed by atoms with E-state index in [0.717, 1.165) is 12.8 Å². The highest BCUT2D eigenvalue weighted by atomic mass is 16.7. The molecule has 0 aromatic heterocycles. The van der Waals surface area contributed by atoms with Gasteiger partial charge in [0.1, 0.15) is 18.8 Å². The Balaban J connectivity index is 1.93. The number of carbonyl (C=O) groups excluding carboxylic acids is 2. The molecule has 0 spiro atoms. The SMILES string of the molecule is CC(=O)OC[C@H]1O[C@H](OC2CCCCC2)C=C[C@H]1OC(C)=O. The summed E-state index contributed by atoms with van der Waals surface area (Å²) < 4.78 is 21.9. The van der Waals surface area contributed by atoms with Crippen LogP contribution < -0.4 is 0 Å². The van der Waals surface area contributed by atoms with Crippen molar-refractivity contribution in [1.29, 1.82) is 0 Å². The van der Waals surface area contributed by atoms with Gasteiger partial charge in [-0.05, 0) is 25.0 Å². The fourth-order valence-electron chi connectivity index (χ4n) is 2.73. The first-order valence-electron chi connectivity index (χ1n) is 7.84. The van der Waals surface area contributed by atoms with Crippen LogP contribution in [-0.4, -0.2) is 43.1 Å². The lowest BCUT2D eigenvalue weighted by atomic mass is 9.98. The highest BCUT2D eigenvalue weighted by Crippen LogP contribution is 2.25. The Hall–Kier alpha value is -1.40. The lowest BCUT2D eigenvalue weighted by molar-refractivity contribution is -0.212. The zero-order chi connectivity index (χ0) is 15.9. The summed E-state index contributed by atoms with van der Waals surface area (Å²) in [5.74, 6) is -0.804. The van der Waals surface area contributed by atoms with Gasteiger partial charge in [-0.1, -0.05) is 19.3 Å². The predicted molar refractivity (Wildman–Crippen MR) is 77.9 cm³/mol. The van der Waals surface area contributed by atoms with Crippen LogP contribution in [0.2, 0.25) is 0 Å². The van der Waals surface area contributed by atoms with Gasteiger partial charge in [0.15, 0.2) is 6.29 Å². The molecule has 22 heavy (non-hydrogen) atoms. The molecule has 0 radical (unpaired) electrons. The number of ether oxygens (including phenoxy) is 4. The van der Waals surface area contributed by atoms with E-state index in [1.807, 2.05) is 0 Å². The van der Waals surface area contributed by atoms with Gasteiger partial charge in [0, 0.05) is 13.8 Å². The van der Waals surface area contributed by atoms with Crippen LogP contribution in [0.5, 0.6) is 0 Å². The Bertz CT molecular complexity index is 413. The maximum absolute atomic E-state index is 11.1. The van der Waals surface area contributed by atoms with Crippen LogP contribution >= 0.6 is 0 Å².